The second-order valence-corrected chi connectivity index (χ2v) is 5.18. The molecule has 0 saturated carbocycles. The van der Waals surface area contributed by atoms with Gasteiger partial charge in [0.15, 0.2) is 0 Å². The van der Waals surface area contributed by atoms with Crippen molar-refractivity contribution >= 4 is 10.0 Å². The summed E-state index contributed by atoms with van der Waals surface area (Å²) >= 11 is 0. The third-order valence-corrected chi connectivity index (χ3v) is 3.85. The molecule has 0 radical (unpaired) electrons. The van der Waals surface area contributed by atoms with E-state index in [0.717, 1.165) is 0 Å². The van der Waals surface area contributed by atoms with Gasteiger partial charge in [-0.3, -0.25) is 0 Å². The lowest BCUT2D eigenvalue weighted by atomic mass is 10.1. The number of aliphatic hydroxyl groups is 1. The molecule has 0 aliphatic carbocycles. The molecule has 1 rings (SSSR count). The third-order valence-electron chi connectivity index (χ3n) is 2.28. The predicted molar refractivity (Wildman–Crippen MR) is 58.3 cm³/mol. The van der Waals surface area contributed by atoms with Gasteiger partial charge in [-0.25, -0.2) is 21.9 Å². The third kappa shape index (κ3) is 3.45. The van der Waals surface area contributed by atoms with Crippen LogP contribution in [0.5, 0.6) is 0 Å². The van der Waals surface area contributed by atoms with Crippen molar-refractivity contribution in [3.63, 3.8) is 0 Å². The Hall–Kier alpha value is -1.05. The molecule has 0 spiro atoms. The van der Waals surface area contributed by atoms with Gasteiger partial charge in [0.2, 0.25) is 10.0 Å². The van der Waals surface area contributed by atoms with Crippen molar-refractivity contribution in [2.24, 2.45) is 0 Å². The average molecular weight is 265 g/mol. The van der Waals surface area contributed by atoms with Gasteiger partial charge in [-0.1, -0.05) is 12.1 Å². The summed E-state index contributed by atoms with van der Waals surface area (Å²) in [7, 11) is -3.96. The number of aliphatic hydroxyl groups excluding tert-OH is 1. The summed E-state index contributed by atoms with van der Waals surface area (Å²) in [5.74, 6) is 0. The summed E-state index contributed by atoms with van der Waals surface area (Å²) in [4.78, 5) is -0.0929. The molecule has 17 heavy (non-hydrogen) atoms. The van der Waals surface area contributed by atoms with E-state index in [1.54, 1.807) is 6.07 Å². The largest absolute Gasteiger partial charge is 0.392 e. The molecule has 0 bridgehead atoms. The van der Waals surface area contributed by atoms with E-state index < -0.39 is 23.0 Å². The minimum Gasteiger partial charge on any atom is -0.392 e. The topological polar surface area (TPSA) is 66.4 Å². The molecular formula is C10H13F2NO3S. The van der Waals surface area contributed by atoms with Gasteiger partial charge in [-0.05, 0) is 24.1 Å². The Morgan fingerprint density at radius 3 is 2.59 bits per heavy atom. The van der Waals surface area contributed by atoms with E-state index in [0.29, 0.717) is 11.1 Å². The zero-order valence-electron chi connectivity index (χ0n) is 9.15. The Bertz CT molecular complexity index is 488. The van der Waals surface area contributed by atoms with E-state index in [4.69, 9.17) is 5.11 Å². The average Bonchev–Trinajstić information content (AvgIpc) is 2.26. The first-order chi connectivity index (χ1) is 7.88. The van der Waals surface area contributed by atoms with Crippen LogP contribution in [0.15, 0.2) is 23.1 Å². The molecule has 0 saturated heterocycles. The van der Waals surface area contributed by atoms with Gasteiger partial charge in [0.25, 0.3) is 6.43 Å². The molecular weight excluding hydrogens is 252 g/mol. The quantitative estimate of drug-likeness (QED) is 0.835. The molecule has 4 nitrogen and oxygen atoms in total. The predicted octanol–water partition coefficient (Wildman–Crippen LogP) is 1.03. The first-order valence-electron chi connectivity index (χ1n) is 4.85. The summed E-state index contributed by atoms with van der Waals surface area (Å²) in [6.07, 6.45) is -2.74. The van der Waals surface area contributed by atoms with E-state index in [2.05, 4.69) is 0 Å². The van der Waals surface area contributed by atoms with Gasteiger partial charge in [0.05, 0.1) is 18.0 Å². The molecule has 1 aromatic carbocycles. The maximum atomic E-state index is 12.0. The van der Waals surface area contributed by atoms with E-state index in [1.165, 1.54) is 19.1 Å². The highest BCUT2D eigenvalue weighted by Gasteiger charge is 2.19. The molecule has 1 aromatic rings. The standard InChI is InChI=1S/C10H13F2NO3S/c1-7-8(6-14)3-2-4-9(7)17(15,16)13-5-10(11)12/h2-4,10,13-14H,5-6H2,1H3. The summed E-state index contributed by atoms with van der Waals surface area (Å²) in [5, 5.41) is 8.99. The van der Waals surface area contributed by atoms with Crippen LogP contribution in [0.25, 0.3) is 0 Å². The lowest BCUT2D eigenvalue weighted by Gasteiger charge is -2.11. The Morgan fingerprint density at radius 2 is 2.06 bits per heavy atom. The van der Waals surface area contributed by atoms with Gasteiger partial charge in [0.1, 0.15) is 0 Å². The lowest BCUT2D eigenvalue weighted by Crippen LogP contribution is -2.29. The molecule has 7 heteroatoms. The number of nitrogens with one attached hydrogen (secondary N) is 1. The monoisotopic (exact) mass is 265 g/mol. The van der Waals surface area contributed by atoms with Crippen LogP contribution in [0, 0.1) is 6.92 Å². The van der Waals surface area contributed by atoms with Crippen molar-refractivity contribution in [1.29, 1.82) is 0 Å². The van der Waals surface area contributed by atoms with E-state index in [1.807, 2.05) is 4.72 Å². The second kappa shape index (κ2) is 5.52. The highest BCUT2D eigenvalue weighted by atomic mass is 32.2. The minimum atomic E-state index is -3.96. The van der Waals surface area contributed by atoms with Crippen molar-refractivity contribution in [2.45, 2.75) is 24.9 Å². The van der Waals surface area contributed by atoms with Crippen molar-refractivity contribution in [2.75, 3.05) is 6.54 Å². The number of alkyl halides is 2. The van der Waals surface area contributed by atoms with Crippen LogP contribution in [-0.2, 0) is 16.6 Å². The van der Waals surface area contributed by atoms with Crippen LogP contribution >= 0.6 is 0 Å². The zero-order valence-corrected chi connectivity index (χ0v) is 9.97. The molecule has 0 aliphatic heterocycles. The number of rotatable bonds is 5. The van der Waals surface area contributed by atoms with Crippen molar-refractivity contribution in [3.05, 3.63) is 29.3 Å². The molecule has 0 fully saturated rings. The van der Waals surface area contributed by atoms with E-state index in [-0.39, 0.29) is 11.5 Å². The molecule has 0 aliphatic rings. The zero-order chi connectivity index (χ0) is 13.1. The highest BCUT2D eigenvalue weighted by Crippen LogP contribution is 2.18. The van der Waals surface area contributed by atoms with Crippen LogP contribution in [0.2, 0.25) is 0 Å². The first-order valence-corrected chi connectivity index (χ1v) is 6.34. The van der Waals surface area contributed by atoms with Gasteiger partial charge in [-0.15, -0.1) is 0 Å². The fourth-order valence-corrected chi connectivity index (χ4v) is 2.67. The number of halogens is 2. The Labute approximate surface area is 98.3 Å². The Morgan fingerprint density at radius 1 is 1.41 bits per heavy atom. The van der Waals surface area contributed by atoms with Crippen LogP contribution in [0.1, 0.15) is 11.1 Å². The Kier molecular flexibility index (Phi) is 4.55. The summed E-state index contributed by atoms with van der Waals surface area (Å²) in [5.41, 5.74) is 0.807. The lowest BCUT2D eigenvalue weighted by molar-refractivity contribution is 0.153. The van der Waals surface area contributed by atoms with Gasteiger partial charge < -0.3 is 5.11 Å². The van der Waals surface area contributed by atoms with Crippen LogP contribution in [-0.4, -0.2) is 26.5 Å². The molecule has 0 unspecified atom stereocenters. The first kappa shape index (κ1) is 14.0. The maximum Gasteiger partial charge on any atom is 0.251 e. The van der Waals surface area contributed by atoms with Crippen molar-refractivity contribution in [3.8, 4) is 0 Å². The maximum absolute atomic E-state index is 12.0. The molecule has 96 valence electrons. The summed E-state index contributed by atoms with van der Waals surface area (Å²) in [6.45, 7) is 0.289. The van der Waals surface area contributed by atoms with Crippen LogP contribution in [0.3, 0.4) is 0 Å². The number of hydrogen-bond acceptors (Lipinski definition) is 3. The van der Waals surface area contributed by atoms with Gasteiger partial charge in [-0.2, -0.15) is 0 Å². The normalized spacial score (nSPS) is 12.1. The molecule has 0 heterocycles. The molecule has 0 amide bonds. The molecule has 0 atom stereocenters. The van der Waals surface area contributed by atoms with Crippen molar-refractivity contribution in [1.82, 2.24) is 4.72 Å². The molecule has 2 N–H and O–H groups in total. The van der Waals surface area contributed by atoms with Crippen LogP contribution in [0.4, 0.5) is 8.78 Å². The van der Waals surface area contributed by atoms with Crippen LogP contribution < -0.4 is 4.72 Å². The second-order valence-electron chi connectivity index (χ2n) is 3.44. The summed E-state index contributed by atoms with van der Waals surface area (Å²) in [6, 6.07) is 4.33. The van der Waals surface area contributed by atoms with Crippen molar-refractivity contribution < 1.29 is 22.3 Å². The van der Waals surface area contributed by atoms with Gasteiger partial charge in [0, 0.05) is 0 Å². The highest BCUT2D eigenvalue weighted by molar-refractivity contribution is 7.89. The van der Waals surface area contributed by atoms with E-state index in [9.17, 15) is 17.2 Å². The fourth-order valence-electron chi connectivity index (χ4n) is 1.37. The molecule has 0 aromatic heterocycles. The number of benzene rings is 1. The summed E-state index contributed by atoms with van der Waals surface area (Å²) < 4.78 is 49.1. The minimum absolute atomic E-state index is 0.0929. The van der Waals surface area contributed by atoms with E-state index >= 15 is 0 Å². The smallest absolute Gasteiger partial charge is 0.251 e. The van der Waals surface area contributed by atoms with Gasteiger partial charge >= 0.3 is 0 Å². The number of sulfonamides is 1. The number of hydrogen-bond donors (Lipinski definition) is 2. The Balaban J connectivity index is 3.07. The fraction of sp³-hybridized carbons (Fsp3) is 0.400. The SMILES string of the molecule is Cc1c(CO)cccc1S(=O)(=O)NCC(F)F.